The number of hydrogen-bond acceptors (Lipinski definition) is 4. The van der Waals surface area contributed by atoms with Gasteiger partial charge >= 0.3 is 0 Å². The normalized spacial score (nSPS) is 21.9. The van der Waals surface area contributed by atoms with Gasteiger partial charge < -0.3 is 20.4 Å². The van der Waals surface area contributed by atoms with E-state index >= 15 is 0 Å². The molecule has 0 spiro atoms. The molecule has 0 radical (unpaired) electrons. The Labute approximate surface area is 65.4 Å². The molecule has 0 heterocycles. The van der Waals surface area contributed by atoms with Gasteiger partial charge in [0, 0.05) is 0 Å². The van der Waals surface area contributed by atoms with E-state index < -0.39 is 24.4 Å². The number of aliphatic hydroxyl groups excluding tert-OH is 4. The quantitative estimate of drug-likeness (QED) is 0.385. The molecule has 0 fully saturated rings. The first kappa shape index (κ1) is 10.6. The van der Waals surface area contributed by atoms with Crippen LogP contribution < -0.4 is 0 Å². The van der Waals surface area contributed by atoms with E-state index in [0.29, 0.717) is 0 Å². The van der Waals surface area contributed by atoms with Crippen LogP contribution in [0.2, 0.25) is 0 Å². The minimum atomic E-state index is -1.38. The van der Waals surface area contributed by atoms with Gasteiger partial charge in [0.1, 0.15) is 18.3 Å². The lowest BCUT2D eigenvalue weighted by Crippen LogP contribution is -2.42. The molecule has 0 aliphatic carbocycles. The first-order valence-corrected chi connectivity index (χ1v) is 3.35. The van der Waals surface area contributed by atoms with Crippen molar-refractivity contribution < 1.29 is 20.4 Å². The van der Waals surface area contributed by atoms with Crippen LogP contribution in [-0.4, -0.2) is 44.8 Å². The van der Waals surface area contributed by atoms with E-state index in [0.717, 1.165) is 6.08 Å². The maximum absolute atomic E-state index is 9.03. The molecule has 11 heavy (non-hydrogen) atoms. The Morgan fingerprint density at radius 1 is 1.09 bits per heavy atom. The standard InChI is InChI=1S/C7H14O4/c1-3-5(9)7(11)6(10)4(2)8/h3-11H,1H2,2H3/t4-,5+,6-,7-/m0/s1. The molecule has 0 aliphatic heterocycles. The largest absolute Gasteiger partial charge is 0.391 e. The van der Waals surface area contributed by atoms with Crippen molar-refractivity contribution in [2.45, 2.75) is 31.3 Å². The lowest BCUT2D eigenvalue weighted by molar-refractivity contribution is -0.0875. The highest BCUT2D eigenvalue weighted by Gasteiger charge is 2.25. The van der Waals surface area contributed by atoms with Gasteiger partial charge in [-0.3, -0.25) is 0 Å². The van der Waals surface area contributed by atoms with E-state index in [1.165, 1.54) is 6.92 Å². The van der Waals surface area contributed by atoms with Crippen molar-refractivity contribution in [2.75, 3.05) is 0 Å². The highest BCUT2D eigenvalue weighted by Crippen LogP contribution is 2.04. The van der Waals surface area contributed by atoms with Crippen LogP contribution in [0.5, 0.6) is 0 Å². The zero-order chi connectivity index (χ0) is 9.02. The molecule has 0 rings (SSSR count). The van der Waals surface area contributed by atoms with E-state index in [4.69, 9.17) is 20.4 Å². The first-order chi connectivity index (χ1) is 5.00. The summed E-state index contributed by atoms with van der Waals surface area (Å²) in [6.07, 6.45) is -3.91. The van der Waals surface area contributed by atoms with Gasteiger partial charge in [-0.05, 0) is 6.92 Å². The summed E-state index contributed by atoms with van der Waals surface area (Å²) in [6.45, 7) is 4.54. The summed E-state index contributed by atoms with van der Waals surface area (Å²) >= 11 is 0. The fourth-order valence-corrected chi connectivity index (χ4v) is 0.627. The maximum atomic E-state index is 9.03. The van der Waals surface area contributed by atoms with Crippen molar-refractivity contribution in [1.29, 1.82) is 0 Å². The predicted octanol–water partition coefficient (Wildman–Crippen LogP) is -1.36. The third kappa shape index (κ3) is 2.98. The molecule has 4 heteroatoms. The van der Waals surface area contributed by atoms with Crippen LogP contribution in [0.1, 0.15) is 6.92 Å². The Morgan fingerprint density at radius 2 is 1.55 bits per heavy atom. The average molecular weight is 162 g/mol. The van der Waals surface area contributed by atoms with Gasteiger partial charge in [-0.15, -0.1) is 6.58 Å². The molecule has 66 valence electrons. The second-order valence-electron chi connectivity index (χ2n) is 2.45. The summed E-state index contributed by atoms with van der Waals surface area (Å²) in [6, 6.07) is 0. The number of aliphatic hydroxyl groups is 4. The molecule has 4 N–H and O–H groups in total. The van der Waals surface area contributed by atoms with E-state index in [1.54, 1.807) is 0 Å². The van der Waals surface area contributed by atoms with Gasteiger partial charge in [-0.1, -0.05) is 6.08 Å². The summed E-state index contributed by atoms with van der Waals surface area (Å²) in [5.74, 6) is 0. The number of hydrogen-bond donors (Lipinski definition) is 4. The highest BCUT2D eigenvalue weighted by molar-refractivity contribution is 4.89. The maximum Gasteiger partial charge on any atom is 0.112 e. The van der Waals surface area contributed by atoms with Gasteiger partial charge in [-0.2, -0.15) is 0 Å². The molecule has 0 amide bonds. The van der Waals surface area contributed by atoms with Crippen molar-refractivity contribution in [3.05, 3.63) is 12.7 Å². The smallest absolute Gasteiger partial charge is 0.112 e. The fourth-order valence-electron chi connectivity index (χ4n) is 0.627. The van der Waals surface area contributed by atoms with Crippen LogP contribution in [0.15, 0.2) is 12.7 Å². The van der Waals surface area contributed by atoms with Crippen molar-refractivity contribution in [3.63, 3.8) is 0 Å². The van der Waals surface area contributed by atoms with E-state index in [2.05, 4.69) is 6.58 Å². The Kier molecular flexibility index (Phi) is 4.29. The van der Waals surface area contributed by atoms with Crippen LogP contribution in [0, 0.1) is 0 Å². The second-order valence-corrected chi connectivity index (χ2v) is 2.45. The molecular formula is C7H14O4. The predicted molar refractivity (Wildman–Crippen MR) is 39.9 cm³/mol. The van der Waals surface area contributed by atoms with Crippen molar-refractivity contribution in [1.82, 2.24) is 0 Å². The van der Waals surface area contributed by atoms with Gasteiger partial charge in [-0.25, -0.2) is 0 Å². The zero-order valence-corrected chi connectivity index (χ0v) is 6.38. The van der Waals surface area contributed by atoms with E-state index in [9.17, 15) is 0 Å². The molecule has 0 aliphatic rings. The monoisotopic (exact) mass is 162 g/mol. The summed E-state index contributed by atoms with van der Waals surface area (Å²) < 4.78 is 0. The Balaban J connectivity index is 4.00. The third-order valence-electron chi connectivity index (χ3n) is 1.44. The lowest BCUT2D eigenvalue weighted by Gasteiger charge is -2.22. The third-order valence-corrected chi connectivity index (χ3v) is 1.44. The molecule has 0 bridgehead atoms. The molecule has 0 aromatic heterocycles. The van der Waals surface area contributed by atoms with Crippen LogP contribution >= 0.6 is 0 Å². The van der Waals surface area contributed by atoms with Crippen LogP contribution in [0.4, 0.5) is 0 Å². The molecule has 0 aromatic carbocycles. The van der Waals surface area contributed by atoms with Gasteiger partial charge in [0.15, 0.2) is 0 Å². The van der Waals surface area contributed by atoms with E-state index in [1.807, 2.05) is 0 Å². The van der Waals surface area contributed by atoms with E-state index in [-0.39, 0.29) is 0 Å². The minimum absolute atomic E-state index is 1.07. The summed E-state index contributed by atoms with van der Waals surface area (Å²) in [4.78, 5) is 0. The van der Waals surface area contributed by atoms with Crippen molar-refractivity contribution in [3.8, 4) is 0 Å². The van der Waals surface area contributed by atoms with Gasteiger partial charge in [0.2, 0.25) is 0 Å². The SMILES string of the molecule is C=C[C@@H](O)[C@H](O)[C@@H](O)[C@H](C)O. The Morgan fingerprint density at radius 3 is 1.82 bits per heavy atom. The molecule has 4 nitrogen and oxygen atoms in total. The molecule has 0 saturated heterocycles. The fraction of sp³-hybridized carbons (Fsp3) is 0.714. The topological polar surface area (TPSA) is 80.9 Å². The highest BCUT2D eigenvalue weighted by atomic mass is 16.4. The van der Waals surface area contributed by atoms with Crippen LogP contribution in [0.25, 0.3) is 0 Å². The Bertz CT molecular complexity index is 124. The number of rotatable bonds is 4. The van der Waals surface area contributed by atoms with Crippen LogP contribution in [-0.2, 0) is 0 Å². The summed E-state index contributed by atoms with van der Waals surface area (Å²) in [5.41, 5.74) is 0. The zero-order valence-electron chi connectivity index (χ0n) is 6.38. The van der Waals surface area contributed by atoms with Crippen LogP contribution in [0.3, 0.4) is 0 Å². The molecular weight excluding hydrogens is 148 g/mol. The Hall–Kier alpha value is -0.420. The minimum Gasteiger partial charge on any atom is -0.391 e. The average Bonchev–Trinajstić information content (AvgIpc) is 2.00. The van der Waals surface area contributed by atoms with Gasteiger partial charge in [0.25, 0.3) is 0 Å². The van der Waals surface area contributed by atoms with Gasteiger partial charge in [0.05, 0.1) is 6.10 Å². The summed E-state index contributed by atoms with van der Waals surface area (Å²) in [5, 5.41) is 35.7. The molecule has 0 aromatic rings. The molecule has 0 saturated carbocycles. The first-order valence-electron chi connectivity index (χ1n) is 3.35. The lowest BCUT2D eigenvalue weighted by atomic mass is 10.0. The summed E-state index contributed by atoms with van der Waals surface area (Å²) in [7, 11) is 0. The van der Waals surface area contributed by atoms with Crippen molar-refractivity contribution in [2.24, 2.45) is 0 Å². The molecule has 4 atom stereocenters. The second kappa shape index (κ2) is 4.46. The van der Waals surface area contributed by atoms with Crippen molar-refractivity contribution >= 4 is 0 Å². The molecule has 0 unspecified atom stereocenters.